The van der Waals surface area contributed by atoms with Crippen LogP contribution in [-0.4, -0.2) is 10.1 Å². The minimum atomic E-state index is -0.686. The number of anilines is 1. The lowest BCUT2D eigenvalue weighted by atomic mass is 10.2. The number of rotatable bonds is 4. The van der Waals surface area contributed by atoms with E-state index in [4.69, 9.17) is 4.52 Å². The number of aromatic nitrogens is 1. The Kier molecular flexibility index (Phi) is 3.79. The van der Waals surface area contributed by atoms with Crippen LogP contribution >= 0.6 is 15.9 Å². The van der Waals surface area contributed by atoms with Gasteiger partial charge in [-0.25, -0.2) is 4.39 Å². The molecule has 2 aromatic rings. The number of hydrogen-bond acceptors (Lipinski definition) is 5. The van der Waals surface area contributed by atoms with Gasteiger partial charge in [-0.15, -0.1) is 0 Å². The molecule has 0 fully saturated rings. The first-order valence-electron chi connectivity index (χ1n) is 5.27. The summed E-state index contributed by atoms with van der Waals surface area (Å²) in [6.07, 6.45) is 0. The Bertz CT molecular complexity index is 630. The quantitative estimate of drug-likeness (QED) is 0.686. The van der Waals surface area contributed by atoms with Crippen molar-refractivity contribution in [2.24, 2.45) is 0 Å². The Morgan fingerprint density at radius 1 is 1.53 bits per heavy atom. The third kappa shape index (κ3) is 3.08. The molecule has 0 atom stereocenters. The van der Waals surface area contributed by atoms with Crippen LogP contribution in [0.1, 0.15) is 11.5 Å². The van der Waals surface area contributed by atoms with Gasteiger partial charge >= 0.3 is 0 Å². The Balaban J connectivity index is 2.23. The first kappa shape index (κ1) is 13.5. The Morgan fingerprint density at radius 3 is 2.84 bits per heavy atom. The molecule has 6 nitrogen and oxygen atoms in total. The Hall–Kier alpha value is -1.96. The minimum absolute atomic E-state index is 0.150. The standard InChI is InChI=1S/C11H9BrFN3O3/c1-6-2-7(15-19-6)5-14-10-3-8(12)9(13)4-11(10)16(17)18/h2-4,14H,5H2,1H3. The van der Waals surface area contributed by atoms with Gasteiger partial charge in [0.2, 0.25) is 0 Å². The van der Waals surface area contributed by atoms with Crippen LogP contribution in [-0.2, 0) is 6.54 Å². The second-order valence-electron chi connectivity index (χ2n) is 3.82. The lowest BCUT2D eigenvalue weighted by molar-refractivity contribution is -0.384. The molecular formula is C11H9BrFN3O3. The van der Waals surface area contributed by atoms with Gasteiger partial charge in [0.1, 0.15) is 23.0 Å². The lowest BCUT2D eigenvalue weighted by Gasteiger charge is -2.06. The molecule has 1 aromatic carbocycles. The van der Waals surface area contributed by atoms with Gasteiger partial charge < -0.3 is 9.84 Å². The summed E-state index contributed by atoms with van der Waals surface area (Å²) in [5.41, 5.74) is 0.479. The highest BCUT2D eigenvalue weighted by Gasteiger charge is 2.17. The van der Waals surface area contributed by atoms with Gasteiger partial charge in [0.15, 0.2) is 0 Å². The van der Waals surface area contributed by atoms with Crippen molar-refractivity contribution in [2.45, 2.75) is 13.5 Å². The van der Waals surface area contributed by atoms with Crippen LogP contribution in [0.5, 0.6) is 0 Å². The number of nitrogens with one attached hydrogen (secondary N) is 1. The van der Waals surface area contributed by atoms with Gasteiger partial charge in [-0.1, -0.05) is 5.16 Å². The van der Waals surface area contributed by atoms with Gasteiger partial charge in [-0.05, 0) is 28.9 Å². The highest BCUT2D eigenvalue weighted by Crippen LogP contribution is 2.30. The molecule has 0 amide bonds. The molecule has 0 saturated carbocycles. The fourth-order valence-corrected chi connectivity index (χ4v) is 1.86. The predicted octanol–water partition coefficient (Wildman–Crippen LogP) is 3.40. The number of aryl methyl sites for hydroxylation is 1. The summed E-state index contributed by atoms with van der Waals surface area (Å²) in [6.45, 7) is 1.99. The molecule has 8 heteroatoms. The van der Waals surface area contributed by atoms with Crippen LogP contribution in [0.2, 0.25) is 0 Å². The Labute approximate surface area is 115 Å². The summed E-state index contributed by atoms with van der Waals surface area (Å²) >= 11 is 2.99. The van der Waals surface area contributed by atoms with E-state index in [-0.39, 0.29) is 22.4 Å². The summed E-state index contributed by atoms with van der Waals surface area (Å²) < 4.78 is 18.3. The van der Waals surface area contributed by atoms with Crippen molar-refractivity contribution in [2.75, 3.05) is 5.32 Å². The first-order valence-corrected chi connectivity index (χ1v) is 6.06. The van der Waals surface area contributed by atoms with E-state index >= 15 is 0 Å². The summed E-state index contributed by atoms with van der Waals surface area (Å²) in [7, 11) is 0. The van der Waals surface area contributed by atoms with E-state index in [1.165, 1.54) is 6.07 Å². The highest BCUT2D eigenvalue weighted by atomic mass is 79.9. The van der Waals surface area contributed by atoms with Crippen LogP contribution in [0.15, 0.2) is 27.2 Å². The van der Waals surface area contributed by atoms with Crippen LogP contribution < -0.4 is 5.32 Å². The molecular weight excluding hydrogens is 321 g/mol. The van der Waals surface area contributed by atoms with E-state index < -0.39 is 10.7 Å². The van der Waals surface area contributed by atoms with Gasteiger partial charge in [0.25, 0.3) is 5.69 Å². The Morgan fingerprint density at radius 2 is 2.26 bits per heavy atom. The van der Waals surface area contributed by atoms with Crippen molar-refractivity contribution >= 4 is 27.3 Å². The normalized spacial score (nSPS) is 10.5. The summed E-state index contributed by atoms with van der Waals surface area (Å²) in [6, 6.07) is 3.89. The molecule has 1 heterocycles. The van der Waals surface area contributed by atoms with Crippen LogP contribution in [0.25, 0.3) is 0 Å². The smallest absolute Gasteiger partial charge is 0.295 e. The maximum atomic E-state index is 13.3. The molecule has 0 aliphatic carbocycles. The van der Waals surface area contributed by atoms with Crippen molar-refractivity contribution in [1.29, 1.82) is 0 Å². The van der Waals surface area contributed by atoms with Crippen LogP contribution in [0.4, 0.5) is 15.8 Å². The zero-order valence-electron chi connectivity index (χ0n) is 9.81. The van der Waals surface area contributed by atoms with E-state index in [0.29, 0.717) is 11.5 Å². The van der Waals surface area contributed by atoms with E-state index in [2.05, 4.69) is 26.4 Å². The zero-order valence-corrected chi connectivity index (χ0v) is 11.4. The van der Waals surface area contributed by atoms with Crippen LogP contribution in [0, 0.1) is 22.9 Å². The fraction of sp³-hybridized carbons (Fsp3) is 0.182. The number of benzene rings is 1. The van der Waals surface area contributed by atoms with E-state index in [9.17, 15) is 14.5 Å². The summed E-state index contributed by atoms with van der Waals surface area (Å²) in [5, 5.41) is 17.4. The topological polar surface area (TPSA) is 81.2 Å². The van der Waals surface area contributed by atoms with Crippen molar-refractivity contribution in [3.8, 4) is 0 Å². The molecule has 100 valence electrons. The molecule has 0 spiro atoms. The lowest BCUT2D eigenvalue weighted by Crippen LogP contribution is -2.03. The maximum absolute atomic E-state index is 13.3. The van der Waals surface area contributed by atoms with Crippen LogP contribution in [0.3, 0.4) is 0 Å². The zero-order chi connectivity index (χ0) is 14.0. The molecule has 19 heavy (non-hydrogen) atoms. The average molecular weight is 330 g/mol. The first-order chi connectivity index (χ1) is 8.97. The monoisotopic (exact) mass is 329 g/mol. The van der Waals surface area contributed by atoms with Gasteiger partial charge in [0.05, 0.1) is 22.0 Å². The van der Waals surface area contributed by atoms with E-state index in [1.807, 2.05) is 0 Å². The average Bonchev–Trinajstić information content (AvgIpc) is 2.76. The largest absolute Gasteiger partial charge is 0.374 e. The number of halogens is 2. The van der Waals surface area contributed by atoms with Crippen molar-refractivity contribution in [3.05, 3.63) is 50.1 Å². The second kappa shape index (κ2) is 5.35. The fourth-order valence-electron chi connectivity index (χ4n) is 1.52. The van der Waals surface area contributed by atoms with Crippen molar-refractivity contribution < 1.29 is 13.8 Å². The summed E-state index contributed by atoms with van der Waals surface area (Å²) in [4.78, 5) is 10.2. The molecule has 0 bridgehead atoms. The molecule has 1 aromatic heterocycles. The van der Waals surface area contributed by atoms with Gasteiger partial charge in [-0.3, -0.25) is 10.1 Å². The predicted molar refractivity (Wildman–Crippen MR) is 69.3 cm³/mol. The number of nitro benzene ring substituents is 1. The molecule has 0 unspecified atom stereocenters. The number of hydrogen-bond donors (Lipinski definition) is 1. The van der Waals surface area contributed by atoms with E-state index in [1.54, 1.807) is 13.0 Å². The molecule has 1 N–H and O–H groups in total. The summed E-state index contributed by atoms with van der Waals surface area (Å²) in [5.74, 6) is -0.0406. The molecule has 0 saturated heterocycles. The second-order valence-corrected chi connectivity index (χ2v) is 4.68. The molecule has 0 radical (unpaired) electrons. The SMILES string of the molecule is Cc1cc(CNc2cc(Br)c(F)cc2[N+](=O)[O-])no1. The third-order valence-corrected chi connectivity index (χ3v) is 2.98. The third-order valence-electron chi connectivity index (χ3n) is 2.37. The number of nitro groups is 1. The molecule has 0 aliphatic heterocycles. The molecule has 0 aliphatic rings. The van der Waals surface area contributed by atoms with E-state index in [0.717, 1.165) is 6.07 Å². The highest BCUT2D eigenvalue weighted by molar-refractivity contribution is 9.10. The maximum Gasteiger partial charge on any atom is 0.295 e. The van der Waals surface area contributed by atoms with Gasteiger partial charge in [-0.2, -0.15) is 0 Å². The minimum Gasteiger partial charge on any atom is -0.374 e. The van der Waals surface area contributed by atoms with Crippen molar-refractivity contribution in [3.63, 3.8) is 0 Å². The number of nitrogens with zero attached hydrogens (tertiary/aromatic N) is 2. The van der Waals surface area contributed by atoms with Crippen molar-refractivity contribution in [1.82, 2.24) is 5.16 Å². The molecule has 2 rings (SSSR count). The van der Waals surface area contributed by atoms with Gasteiger partial charge in [0, 0.05) is 6.07 Å².